The van der Waals surface area contributed by atoms with Gasteiger partial charge in [0.25, 0.3) is 0 Å². The molecule has 0 radical (unpaired) electrons. The summed E-state index contributed by atoms with van der Waals surface area (Å²) in [7, 11) is 0. The summed E-state index contributed by atoms with van der Waals surface area (Å²) >= 11 is 0. The first-order chi connectivity index (χ1) is 10.3. The van der Waals surface area contributed by atoms with E-state index < -0.39 is 0 Å². The second-order valence-electron chi connectivity index (χ2n) is 5.93. The first-order valence-corrected chi connectivity index (χ1v) is 8.04. The quantitative estimate of drug-likeness (QED) is 0.905. The van der Waals surface area contributed by atoms with Gasteiger partial charge in [0.1, 0.15) is 17.4 Å². The summed E-state index contributed by atoms with van der Waals surface area (Å²) in [4.78, 5) is 4.66. The molecular weight excluding hydrogens is 260 g/mol. The molecule has 21 heavy (non-hydrogen) atoms. The highest BCUT2D eigenvalue weighted by molar-refractivity contribution is 5.84. The molecule has 0 spiro atoms. The molecule has 3 rings (SSSR count). The second-order valence-corrected chi connectivity index (χ2v) is 5.93. The summed E-state index contributed by atoms with van der Waals surface area (Å²) in [5.41, 5.74) is 2.02. The monoisotopic (exact) mass is 284 g/mol. The number of benzene rings is 1. The van der Waals surface area contributed by atoms with Gasteiger partial charge in [0.15, 0.2) is 0 Å². The van der Waals surface area contributed by atoms with E-state index in [2.05, 4.69) is 35.4 Å². The molecule has 0 aliphatic heterocycles. The Kier molecular flexibility index (Phi) is 4.39. The van der Waals surface area contributed by atoms with Crippen LogP contribution in [0.1, 0.15) is 38.3 Å². The van der Waals surface area contributed by atoms with Gasteiger partial charge in [-0.1, -0.05) is 25.1 Å². The van der Waals surface area contributed by atoms with E-state index in [1.807, 2.05) is 19.1 Å². The van der Waals surface area contributed by atoms with Crippen LogP contribution < -0.4 is 10.1 Å². The fraction of sp³-hybridized carbons (Fsp3) is 0.500. The predicted octanol–water partition coefficient (Wildman–Crippen LogP) is 3.84. The molecule has 0 bridgehead atoms. The van der Waals surface area contributed by atoms with Crippen molar-refractivity contribution < 1.29 is 4.74 Å². The molecule has 1 fully saturated rings. The number of aromatic nitrogens is 1. The van der Waals surface area contributed by atoms with Crippen molar-refractivity contribution in [1.29, 1.82) is 0 Å². The third kappa shape index (κ3) is 3.18. The lowest BCUT2D eigenvalue weighted by molar-refractivity contribution is 0.177. The number of hydrogen-bond acceptors (Lipinski definition) is 3. The summed E-state index contributed by atoms with van der Waals surface area (Å²) in [5, 5.41) is 4.76. The number of aryl methyl sites for hydroxylation is 1. The maximum atomic E-state index is 6.33. The van der Waals surface area contributed by atoms with Crippen LogP contribution in [0, 0.1) is 6.92 Å². The van der Waals surface area contributed by atoms with Crippen LogP contribution in [0.15, 0.2) is 30.3 Å². The van der Waals surface area contributed by atoms with Gasteiger partial charge in [-0.05, 0) is 51.3 Å². The molecule has 1 aliphatic carbocycles. The minimum Gasteiger partial charge on any atom is -0.487 e. The zero-order valence-corrected chi connectivity index (χ0v) is 12.9. The molecule has 2 unspecified atom stereocenters. The van der Waals surface area contributed by atoms with Gasteiger partial charge in [-0.3, -0.25) is 0 Å². The Morgan fingerprint density at radius 1 is 1.24 bits per heavy atom. The topological polar surface area (TPSA) is 34.1 Å². The number of fused-ring (bicyclic) bond motifs is 1. The third-order valence-corrected chi connectivity index (χ3v) is 4.21. The fourth-order valence-electron chi connectivity index (χ4n) is 3.11. The van der Waals surface area contributed by atoms with Crippen LogP contribution in [-0.2, 0) is 0 Å². The Morgan fingerprint density at radius 2 is 2.14 bits per heavy atom. The average molecular weight is 284 g/mol. The van der Waals surface area contributed by atoms with Crippen LogP contribution in [0.2, 0.25) is 0 Å². The van der Waals surface area contributed by atoms with Crippen molar-refractivity contribution in [3.8, 4) is 5.75 Å². The van der Waals surface area contributed by atoms with Gasteiger partial charge in [0, 0.05) is 17.1 Å². The zero-order valence-electron chi connectivity index (χ0n) is 12.9. The molecule has 3 nitrogen and oxygen atoms in total. The Bertz CT molecular complexity index is 611. The van der Waals surface area contributed by atoms with Crippen molar-refractivity contribution in [2.24, 2.45) is 0 Å². The van der Waals surface area contributed by atoms with Crippen LogP contribution in [0.5, 0.6) is 5.75 Å². The van der Waals surface area contributed by atoms with Crippen LogP contribution in [-0.4, -0.2) is 23.7 Å². The molecule has 2 atom stereocenters. The molecule has 1 heterocycles. The van der Waals surface area contributed by atoms with E-state index in [9.17, 15) is 0 Å². The number of nitrogens with zero attached hydrogens (tertiary/aromatic N) is 1. The van der Waals surface area contributed by atoms with Crippen LogP contribution in [0.4, 0.5) is 0 Å². The highest BCUT2D eigenvalue weighted by Gasteiger charge is 2.28. The van der Waals surface area contributed by atoms with E-state index in [4.69, 9.17) is 4.74 Å². The van der Waals surface area contributed by atoms with Gasteiger partial charge in [0.05, 0.1) is 0 Å². The number of ether oxygens (including phenoxy) is 1. The van der Waals surface area contributed by atoms with E-state index in [0.717, 1.165) is 41.7 Å². The lowest BCUT2D eigenvalue weighted by Gasteiger charge is -2.22. The number of para-hydroxylation sites is 1. The first kappa shape index (κ1) is 14.3. The lowest BCUT2D eigenvalue weighted by Crippen LogP contribution is -2.39. The maximum Gasteiger partial charge on any atom is 0.146 e. The first-order valence-electron chi connectivity index (χ1n) is 8.04. The van der Waals surface area contributed by atoms with Crippen LogP contribution in [0.25, 0.3) is 10.9 Å². The van der Waals surface area contributed by atoms with Crippen LogP contribution >= 0.6 is 0 Å². The maximum absolute atomic E-state index is 6.33. The molecule has 1 N–H and O–H groups in total. The minimum absolute atomic E-state index is 0.268. The van der Waals surface area contributed by atoms with Gasteiger partial charge in [-0.25, -0.2) is 4.98 Å². The summed E-state index contributed by atoms with van der Waals surface area (Å²) in [5.74, 6) is 0.923. The van der Waals surface area contributed by atoms with Crippen LogP contribution in [0.3, 0.4) is 0 Å². The predicted molar refractivity (Wildman–Crippen MR) is 86.8 cm³/mol. The van der Waals surface area contributed by atoms with Gasteiger partial charge >= 0.3 is 0 Å². The number of nitrogens with one attached hydrogen (secondary N) is 1. The summed E-state index contributed by atoms with van der Waals surface area (Å²) in [6.45, 7) is 5.30. The summed E-state index contributed by atoms with van der Waals surface area (Å²) < 4.78 is 6.33. The normalized spacial score (nSPS) is 21.8. The van der Waals surface area contributed by atoms with E-state index in [1.165, 1.54) is 12.8 Å². The summed E-state index contributed by atoms with van der Waals surface area (Å²) in [6.07, 6.45) is 5.01. The zero-order chi connectivity index (χ0) is 14.7. The molecule has 1 saturated carbocycles. The highest BCUT2D eigenvalue weighted by Crippen LogP contribution is 2.29. The molecule has 1 aliphatic rings. The van der Waals surface area contributed by atoms with E-state index in [-0.39, 0.29) is 6.10 Å². The van der Waals surface area contributed by atoms with Crippen molar-refractivity contribution in [2.45, 2.75) is 51.7 Å². The van der Waals surface area contributed by atoms with E-state index in [0.29, 0.717) is 6.04 Å². The second kappa shape index (κ2) is 6.44. The Hall–Kier alpha value is -1.61. The molecule has 0 saturated heterocycles. The molecular formula is C18H24N2O. The van der Waals surface area contributed by atoms with E-state index in [1.54, 1.807) is 0 Å². The fourth-order valence-corrected chi connectivity index (χ4v) is 3.11. The molecule has 0 amide bonds. The average Bonchev–Trinajstić information content (AvgIpc) is 2.93. The Morgan fingerprint density at radius 3 is 3.00 bits per heavy atom. The summed E-state index contributed by atoms with van der Waals surface area (Å²) in [6, 6.07) is 10.8. The smallest absolute Gasteiger partial charge is 0.146 e. The van der Waals surface area contributed by atoms with Gasteiger partial charge < -0.3 is 10.1 Å². The van der Waals surface area contributed by atoms with Crippen molar-refractivity contribution in [3.63, 3.8) is 0 Å². The van der Waals surface area contributed by atoms with Crippen molar-refractivity contribution in [1.82, 2.24) is 10.3 Å². The highest BCUT2D eigenvalue weighted by atomic mass is 16.5. The Labute approximate surface area is 126 Å². The molecule has 3 heteroatoms. The molecule has 2 aromatic rings. The van der Waals surface area contributed by atoms with E-state index >= 15 is 0 Å². The number of hydrogen-bond donors (Lipinski definition) is 1. The van der Waals surface area contributed by atoms with Crippen molar-refractivity contribution in [3.05, 3.63) is 36.0 Å². The molecule has 1 aromatic carbocycles. The van der Waals surface area contributed by atoms with Gasteiger partial charge in [-0.15, -0.1) is 0 Å². The molecule has 1 aromatic heterocycles. The standard InChI is InChI=1S/C18H24N2O/c1-3-12-19-15-7-5-8-16(15)21-17-9-4-6-14-11-10-13(2)20-18(14)17/h4,6,9-11,15-16,19H,3,5,7-8,12H2,1-2H3. The largest absolute Gasteiger partial charge is 0.487 e. The van der Waals surface area contributed by atoms with Gasteiger partial charge in [0.2, 0.25) is 0 Å². The SMILES string of the molecule is CCCNC1CCCC1Oc1cccc2ccc(C)nc12. The molecule has 112 valence electrons. The lowest BCUT2D eigenvalue weighted by atomic mass is 10.1. The number of pyridine rings is 1. The van der Waals surface area contributed by atoms with Gasteiger partial charge in [-0.2, -0.15) is 0 Å². The minimum atomic E-state index is 0.268. The number of rotatable bonds is 5. The Balaban J connectivity index is 1.82. The van der Waals surface area contributed by atoms with Crippen molar-refractivity contribution >= 4 is 10.9 Å². The van der Waals surface area contributed by atoms with Crippen molar-refractivity contribution in [2.75, 3.05) is 6.54 Å². The third-order valence-electron chi connectivity index (χ3n) is 4.21.